The van der Waals surface area contributed by atoms with Gasteiger partial charge in [-0.15, -0.1) is 0 Å². The van der Waals surface area contributed by atoms with Crippen molar-refractivity contribution in [2.24, 2.45) is 0 Å². The minimum absolute atomic E-state index is 0.00930. The zero-order valence-electron chi connectivity index (χ0n) is 11.5. The van der Waals surface area contributed by atoms with Gasteiger partial charge in [0.25, 0.3) is 0 Å². The maximum absolute atomic E-state index is 12.3. The average molecular weight is 329 g/mol. The molecule has 0 amide bonds. The lowest BCUT2D eigenvalue weighted by Gasteiger charge is -1.97. The molecule has 0 saturated heterocycles. The van der Waals surface area contributed by atoms with Gasteiger partial charge in [-0.25, -0.2) is 0 Å². The molecule has 2 heterocycles. The molecule has 0 saturated carbocycles. The molecular formula is C17H9ClO5. The van der Waals surface area contributed by atoms with E-state index in [9.17, 15) is 15.0 Å². The fourth-order valence-electron chi connectivity index (χ4n) is 2.46. The van der Waals surface area contributed by atoms with Gasteiger partial charge in [0.2, 0.25) is 5.78 Å². The molecule has 0 bridgehead atoms. The van der Waals surface area contributed by atoms with Gasteiger partial charge in [-0.1, -0.05) is 11.6 Å². The highest BCUT2D eigenvalue weighted by Gasteiger charge is 2.28. The van der Waals surface area contributed by atoms with Crippen LogP contribution in [0.25, 0.3) is 17.0 Å². The van der Waals surface area contributed by atoms with Crippen molar-refractivity contribution >= 4 is 34.4 Å². The molecule has 0 unspecified atom stereocenters. The van der Waals surface area contributed by atoms with Crippen LogP contribution in [0, 0.1) is 0 Å². The molecular weight excluding hydrogens is 320 g/mol. The number of ketones is 1. The van der Waals surface area contributed by atoms with Crippen LogP contribution in [0.3, 0.4) is 0 Å². The molecule has 3 aromatic rings. The molecule has 23 heavy (non-hydrogen) atoms. The molecule has 1 aromatic heterocycles. The first-order valence-electron chi connectivity index (χ1n) is 6.71. The van der Waals surface area contributed by atoms with Crippen molar-refractivity contribution in [1.29, 1.82) is 0 Å². The highest BCUT2D eigenvalue weighted by atomic mass is 35.5. The zero-order chi connectivity index (χ0) is 16.1. The highest BCUT2D eigenvalue weighted by molar-refractivity contribution is 6.37. The van der Waals surface area contributed by atoms with Gasteiger partial charge < -0.3 is 19.4 Å². The van der Waals surface area contributed by atoms with Crippen LogP contribution in [-0.4, -0.2) is 16.0 Å². The second-order valence-corrected chi connectivity index (χ2v) is 5.46. The number of hydrogen-bond acceptors (Lipinski definition) is 5. The number of aromatic hydroxyl groups is 2. The molecule has 114 valence electrons. The molecule has 0 atom stereocenters. The van der Waals surface area contributed by atoms with E-state index in [0.29, 0.717) is 21.6 Å². The Morgan fingerprint density at radius 2 is 1.78 bits per heavy atom. The van der Waals surface area contributed by atoms with E-state index in [-0.39, 0.29) is 34.6 Å². The van der Waals surface area contributed by atoms with Crippen molar-refractivity contribution in [3.05, 3.63) is 58.5 Å². The molecule has 6 heteroatoms. The fraction of sp³-hybridized carbons (Fsp3) is 0. The first kappa shape index (κ1) is 13.7. The molecule has 0 fully saturated rings. The number of benzene rings is 2. The summed E-state index contributed by atoms with van der Waals surface area (Å²) in [6.45, 7) is 0. The van der Waals surface area contributed by atoms with Gasteiger partial charge in [-0.05, 0) is 24.3 Å². The van der Waals surface area contributed by atoms with Gasteiger partial charge in [0.05, 0.1) is 10.6 Å². The Kier molecular flexibility index (Phi) is 2.86. The van der Waals surface area contributed by atoms with Crippen molar-refractivity contribution < 1.29 is 24.2 Å². The Morgan fingerprint density at radius 1 is 1.04 bits per heavy atom. The molecule has 5 nitrogen and oxygen atoms in total. The minimum atomic E-state index is -0.320. The lowest BCUT2D eigenvalue weighted by atomic mass is 10.1. The number of furan rings is 1. The highest BCUT2D eigenvalue weighted by Crippen LogP contribution is 2.37. The number of Topliss-reactive ketones (excluding diaryl/α,β-unsaturated/α-hetero) is 1. The third kappa shape index (κ3) is 2.13. The lowest BCUT2D eigenvalue weighted by molar-refractivity contribution is 0.101. The number of carbonyl (C=O) groups excluding carboxylic acids is 1. The SMILES string of the molecule is O=C1C(=Cc2oc3cc(O)ccc3c2Cl)Oc2cc(O)ccc21. The summed E-state index contributed by atoms with van der Waals surface area (Å²) in [6, 6.07) is 8.84. The first-order chi connectivity index (χ1) is 11.0. The number of rotatable bonds is 1. The van der Waals surface area contributed by atoms with Crippen LogP contribution in [0.2, 0.25) is 5.02 Å². The molecule has 0 radical (unpaired) electrons. The van der Waals surface area contributed by atoms with E-state index in [4.69, 9.17) is 20.8 Å². The predicted molar refractivity (Wildman–Crippen MR) is 83.9 cm³/mol. The number of ether oxygens (including phenoxy) is 1. The van der Waals surface area contributed by atoms with Crippen LogP contribution >= 0.6 is 11.6 Å². The molecule has 1 aliphatic rings. The molecule has 2 aromatic carbocycles. The Bertz CT molecular complexity index is 1000. The maximum atomic E-state index is 12.3. The van der Waals surface area contributed by atoms with Crippen molar-refractivity contribution in [1.82, 2.24) is 0 Å². The van der Waals surface area contributed by atoms with Crippen molar-refractivity contribution in [2.75, 3.05) is 0 Å². The molecule has 0 spiro atoms. The maximum Gasteiger partial charge on any atom is 0.232 e. The minimum Gasteiger partial charge on any atom is -0.508 e. The van der Waals surface area contributed by atoms with Gasteiger partial charge in [0, 0.05) is 23.6 Å². The van der Waals surface area contributed by atoms with Crippen molar-refractivity contribution in [3.63, 3.8) is 0 Å². The van der Waals surface area contributed by atoms with E-state index in [0.717, 1.165) is 0 Å². The number of hydrogen-bond donors (Lipinski definition) is 2. The lowest BCUT2D eigenvalue weighted by Crippen LogP contribution is -1.97. The van der Waals surface area contributed by atoms with E-state index in [1.807, 2.05) is 0 Å². The summed E-state index contributed by atoms with van der Waals surface area (Å²) in [6.07, 6.45) is 1.40. The van der Waals surface area contributed by atoms with Crippen LogP contribution in [0.15, 0.2) is 46.6 Å². The summed E-state index contributed by atoms with van der Waals surface area (Å²) in [4.78, 5) is 12.3. The number of halogens is 1. The van der Waals surface area contributed by atoms with Crippen LogP contribution in [0.4, 0.5) is 0 Å². The monoisotopic (exact) mass is 328 g/mol. The first-order valence-corrected chi connectivity index (χ1v) is 7.09. The summed E-state index contributed by atoms with van der Waals surface area (Å²) in [7, 11) is 0. The Hall–Kier alpha value is -2.92. The number of phenols is 2. The number of allylic oxidation sites excluding steroid dienone is 1. The summed E-state index contributed by atoms with van der Waals surface area (Å²) in [5, 5.41) is 19.9. The van der Waals surface area contributed by atoms with E-state index < -0.39 is 0 Å². The molecule has 0 aliphatic carbocycles. The van der Waals surface area contributed by atoms with Gasteiger partial charge in [0.1, 0.15) is 22.8 Å². The van der Waals surface area contributed by atoms with Crippen LogP contribution in [0.5, 0.6) is 17.2 Å². The summed E-state index contributed by atoms with van der Waals surface area (Å²) < 4.78 is 11.0. The summed E-state index contributed by atoms with van der Waals surface area (Å²) in [5.41, 5.74) is 0.765. The van der Waals surface area contributed by atoms with E-state index in [1.54, 1.807) is 6.07 Å². The normalized spacial score (nSPS) is 15.2. The van der Waals surface area contributed by atoms with Gasteiger partial charge in [-0.2, -0.15) is 0 Å². The van der Waals surface area contributed by atoms with Gasteiger partial charge >= 0.3 is 0 Å². The number of phenolic OH excluding ortho intramolecular Hbond substituents is 2. The van der Waals surface area contributed by atoms with Gasteiger partial charge in [0.15, 0.2) is 11.5 Å². The standard InChI is InChI=1S/C17H9ClO5/c18-16-10-3-1-8(19)5-12(10)22-14(16)7-15-17(21)11-4-2-9(20)6-13(11)23-15/h1-7,19-20H. The summed E-state index contributed by atoms with van der Waals surface area (Å²) >= 11 is 6.25. The summed E-state index contributed by atoms with van der Waals surface area (Å²) in [5.74, 6) is 0.335. The van der Waals surface area contributed by atoms with Crippen LogP contribution in [0.1, 0.15) is 16.1 Å². The van der Waals surface area contributed by atoms with Crippen LogP contribution < -0.4 is 4.74 Å². The molecule has 4 rings (SSSR count). The zero-order valence-corrected chi connectivity index (χ0v) is 12.3. The third-order valence-electron chi connectivity index (χ3n) is 3.55. The van der Waals surface area contributed by atoms with Crippen molar-refractivity contribution in [3.8, 4) is 17.2 Å². The quantitative estimate of drug-likeness (QED) is 0.657. The van der Waals surface area contributed by atoms with Gasteiger partial charge in [-0.3, -0.25) is 4.79 Å². The van der Waals surface area contributed by atoms with E-state index in [1.165, 1.54) is 36.4 Å². The Morgan fingerprint density at radius 3 is 2.61 bits per heavy atom. The topological polar surface area (TPSA) is 79.9 Å². The second-order valence-electron chi connectivity index (χ2n) is 5.08. The van der Waals surface area contributed by atoms with E-state index in [2.05, 4.69) is 0 Å². The van der Waals surface area contributed by atoms with Crippen LogP contribution in [-0.2, 0) is 0 Å². The largest absolute Gasteiger partial charge is 0.508 e. The Labute approximate surface area is 135 Å². The molecule has 1 aliphatic heterocycles. The smallest absolute Gasteiger partial charge is 0.232 e. The predicted octanol–water partition coefficient (Wildman–Crippen LogP) is 4.11. The fourth-order valence-corrected chi connectivity index (χ4v) is 2.71. The van der Waals surface area contributed by atoms with E-state index >= 15 is 0 Å². The number of fused-ring (bicyclic) bond motifs is 2. The third-order valence-corrected chi connectivity index (χ3v) is 3.94. The molecule has 2 N–H and O–H groups in total. The Balaban J connectivity index is 1.80. The number of carbonyl (C=O) groups is 1. The average Bonchev–Trinajstić information content (AvgIpc) is 2.97. The second kappa shape index (κ2) is 4.79. The van der Waals surface area contributed by atoms with Crippen molar-refractivity contribution in [2.45, 2.75) is 0 Å².